The van der Waals surface area contributed by atoms with Gasteiger partial charge in [0.2, 0.25) is 5.82 Å². The minimum absolute atomic E-state index is 0.194. The molecule has 0 aromatic carbocycles. The van der Waals surface area contributed by atoms with Crippen LogP contribution in [0.4, 0.5) is 17.3 Å². The van der Waals surface area contributed by atoms with Gasteiger partial charge in [-0.05, 0) is 24.8 Å². The van der Waals surface area contributed by atoms with E-state index in [1.54, 1.807) is 4.90 Å². The maximum atomic E-state index is 10.8. The van der Waals surface area contributed by atoms with E-state index in [1.165, 1.54) is 12.1 Å². The van der Waals surface area contributed by atoms with Gasteiger partial charge >= 0.3 is 11.7 Å². The van der Waals surface area contributed by atoms with Crippen LogP contribution in [0, 0.1) is 16.0 Å². The fourth-order valence-corrected chi connectivity index (χ4v) is 1.80. The number of rotatable bonds is 6. The number of carboxylic acids is 1. The lowest BCUT2D eigenvalue weighted by Gasteiger charge is -2.21. The highest BCUT2D eigenvalue weighted by atomic mass is 16.6. The molecule has 1 aromatic heterocycles. The van der Waals surface area contributed by atoms with Crippen LogP contribution in [0.25, 0.3) is 0 Å². The van der Waals surface area contributed by atoms with Crippen molar-refractivity contribution in [2.75, 3.05) is 23.7 Å². The fraction of sp³-hybridized carbons (Fsp3) is 0.455. The van der Waals surface area contributed by atoms with Crippen molar-refractivity contribution in [1.82, 2.24) is 4.98 Å². The summed E-state index contributed by atoms with van der Waals surface area (Å²) in [5, 5.41) is 19.5. The summed E-state index contributed by atoms with van der Waals surface area (Å²) in [6, 6.07) is 2.68. The molecule has 0 bridgehead atoms. The lowest BCUT2D eigenvalue weighted by atomic mass is 10.3. The SMILES string of the molecule is Nc1nc(N(CC(=O)O)CC2CC2)ccc1[N+](=O)[O-]. The zero-order chi connectivity index (χ0) is 14.0. The zero-order valence-corrected chi connectivity index (χ0v) is 10.2. The van der Waals surface area contributed by atoms with Crippen LogP contribution in [-0.4, -0.2) is 34.1 Å². The first kappa shape index (κ1) is 13.1. The first-order chi connectivity index (χ1) is 8.97. The Bertz CT molecular complexity index is 515. The van der Waals surface area contributed by atoms with Crippen molar-refractivity contribution in [1.29, 1.82) is 0 Å². The van der Waals surface area contributed by atoms with Gasteiger partial charge in [-0.25, -0.2) is 4.98 Å². The number of pyridine rings is 1. The van der Waals surface area contributed by atoms with Gasteiger partial charge in [0.1, 0.15) is 12.4 Å². The summed E-state index contributed by atoms with van der Waals surface area (Å²) in [4.78, 5) is 26.4. The highest BCUT2D eigenvalue weighted by Gasteiger charge is 2.26. The van der Waals surface area contributed by atoms with Crippen molar-refractivity contribution in [3.63, 3.8) is 0 Å². The summed E-state index contributed by atoms with van der Waals surface area (Å²) in [5.74, 6) is -0.344. The van der Waals surface area contributed by atoms with Gasteiger partial charge in [0.15, 0.2) is 0 Å². The smallest absolute Gasteiger partial charge is 0.323 e. The van der Waals surface area contributed by atoms with Gasteiger partial charge in [-0.1, -0.05) is 0 Å². The second-order valence-electron chi connectivity index (χ2n) is 4.55. The number of aromatic nitrogens is 1. The molecule has 0 spiro atoms. The Labute approximate surface area is 109 Å². The summed E-state index contributed by atoms with van der Waals surface area (Å²) >= 11 is 0. The number of hydrogen-bond acceptors (Lipinski definition) is 6. The van der Waals surface area contributed by atoms with Crippen molar-refractivity contribution in [3.05, 3.63) is 22.2 Å². The van der Waals surface area contributed by atoms with Gasteiger partial charge < -0.3 is 15.7 Å². The van der Waals surface area contributed by atoms with Crippen LogP contribution < -0.4 is 10.6 Å². The highest BCUT2D eigenvalue weighted by Crippen LogP contribution is 2.31. The quantitative estimate of drug-likeness (QED) is 0.578. The molecule has 8 heteroatoms. The Morgan fingerprint density at radius 3 is 2.74 bits per heavy atom. The van der Waals surface area contributed by atoms with Crippen LogP contribution in [0.5, 0.6) is 0 Å². The highest BCUT2D eigenvalue weighted by molar-refractivity contribution is 5.73. The molecule has 8 nitrogen and oxygen atoms in total. The van der Waals surface area contributed by atoms with Gasteiger partial charge in [-0.15, -0.1) is 0 Å². The second kappa shape index (κ2) is 5.09. The lowest BCUT2D eigenvalue weighted by molar-refractivity contribution is -0.384. The molecule has 1 aliphatic carbocycles. The number of aliphatic carboxylic acids is 1. The normalized spacial score (nSPS) is 14.1. The number of nitrogen functional groups attached to an aromatic ring is 1. The molecule has 2 rings (SSSR count). The number of carbonyl (C=O) groups is 1. The Morgan fingerprint density at radius 1 is 1.58 bits per heavy atom. The van der Waals surface area contributed by atoms with Crippen LogP contribution in [-0.2, 0) is 4.79 Å². The molecule has 1 fully saturated rings. The molecule has 102 valence electrons. The van der Waals surface area contributed by atoms with Crippen LogP contribution in [0.2, 0.25) is 0 Å². The number of hydrogen-bond donors (Lipinski definition) is 2. The topological polar surface area (TPSA) is 123 Å². The minimum atomic E-state index is -0.973. The van der Waals surface area contributed by atoms with E-state index >= 15 is 0 Å². The van der Waals surface area contributed by atoms with Crippen LogP contribution in [0.15, 0.2) is 12.1 Å². The molecule has 0 aliphatic heterocycles. The summed E-state index contributed by atoms with van der Waals surface area (Å²) in [6.45, 7) is 0.386. The standard InChI is InChI=1S/C11H14N4O4/c12-11-8(15(18)19)3-4-9(13-11)14(6-10(16)17)5-7-1-2-7/h3-4,7H,1-2,5-6H2,(H2,12,13)(H,16,17). The van der Waals surface area contributed by atoms with E-state index in [4.69, 9.17) is 10.8 Å². The van der Waals surface area contributed by atoms with Crippen LogP contribution in [0.1, 0.15) is 12.8 Å². The molecule has 1 heterocycles. The summed E-state index contributed by atoms with van der Waals surface area (Å²) in [5.41, 5.74) is 5.24. The second-order valence-corrected chi connectivity index (χ2v) is 4.55. The number of nitrogens with zero attached hydrogens (tertiary/aromatic N) is 3. The van der Waals surface area contributed by atoms with Crippen molar-refractivity contribution in [3.8, 4) is 0 Å². The molecule has 0 unspecified atom stereocenters. The Balaban J connectivity index is 2.22. The largest absolute Gasteiger partial charge is 0.480 e. The number of nitro groups is 1. The number of nitrogens with two attached hydrogens (primary N) is 1. The molecule has 0 atom stereocenters. The van der Waals surface area contributed by atoms with E-state index < -0.39 is 10.9 Å². The van der Waals surface area contributed by atoms with Crippen molar-refractivity contribution < 1.29 is 14.8 Å². The van der Waals surface area contributed by atoms with Crippen molar-refractivity contribution >= 4 is 23.3 Å². The maximum Gasteiger partial charge on any atom is 0.323 e. The monoisotopic (exact) mass is 266 g/mol. The maximum absolute atomic E-state index is 10.8. The van der Waals surface area contributed by atoms with Gasteiger partial charge in [0.05, 0.1) is 4.92 Å². The Morgan fingerprint density at radius 2 is 2.26 bits per heavy atom. The predicted molar refractivity (Wildman–Crippen MR) is 67.9 cm³/mol. The van der Waals surface area contributed by atoms with Crippen LogP contribution >= 0.6 is 0 Å². The molecule has 19 heavy (non-hydrogen) atoms. The first-order valence-electron chi connectivity index (χ1n) is 5.85. The first-order valence-corrected chi connectivity index (χ1v) is 5.85. The Kier molecular flexibility index (Phi) is 3.50. The van der Waals surface area contributed by atoms with E-state index in [2.05, 4.69) is 4.98 Å². The fourth-order valence-electron chi connectivity index (χ4n) is 1.80. The molecule has 0 radical (unpaired) electrons. The lowest BCUT2D eigenvalue weighted by Crippen LogP contribution is -2.32. The number of carboxylic acid groups (broad SMARTS) is 1. The third-order valence-corrected chi connectivity index (χ3v) is 2.91. The molecule has 0 amide bonds. The van der Waals surface area contributed by atoms with Crippen molar-refractivity contribution in [2.45, 2.75) is 12.8 Å². The molecule has 1 aliphatic rings. The van der Waals surface area contributed by atoms with E-state index in [0.717, 1.165) is 12.8 Å². The van der Waals surface area contributed by atoms with Gasteiger partial charge in [-0.2, -0.15) is 0 Å². The predicted octanol–water partition coefficient (Wildman–Crippen LogP) is 0.873. The van der Waals surface area contributed by atoms with E-state index in [9.17, 15) is 14.9 Å². The average Bonchev–Trinajstić information content (AvgIpc) is 3.10. The molecule has 1 aromatic rings. The van der Waals surface area contributed by atoms with Gasteiger partial charge in [0.25, 0.3) is 0 Å². The number of anilines is 2. The third kappa shape index (κ3) is 3.30. The van der Waals surface area contributed by atoms with Crippen molar-refractivity contribution in [2.24, 2.45) is 5.92 Å². The van der Waals surface area contributed by atoms with E-state index in [1.807, 2.05) is 0 Å². The molecular weight excluding hydrogens is 252 g/mol. The molecular formula is C11H14N4O4. The van der Waals surface area contributed by atoms with E-state index in [-0.39, 0.29) is 18.1 Å². The average molecular weight is 266 g/mol. The molecule has 0 saturated heterocycles. The zero-order valence-electron chi connectivity index (χ0n) is 10.2. The summed E-state index contributed by atoms with van der Waals surface area (Å²) in [7, 11) is 0. The summed E-state index contributed by atoms with van der Waals surface area (Å²) < 4.78 is 0. The van der Waals surface area contributed by atoms with Gasteiger partial charge in [-0.3, -0.25) is 14.9 Å². The van der Waals surface area contributed by atoms with E-state index in [0.29, 0.717) is 18.3 Å². The minimum Gasteiger partial charge on any atom is -0.480 e. The van der Waals surface area contributed by atoms with Crippen LogP contribution in [0.3, 0.4) is 0 Å². The molecule has 1 saturated carbocycles. The summed E-state index contributed by atoms with van der Waals surface area (Å²) in [6.07, 6.45) is 2.14. The van der Waals surface area contributed by atoms with Gasteiger partial charge in [0, 0.05) is 12.6 Å². The third-order valence-electron chi connectivity index (χ3n) is 2.91. The molecule has 3 N–H and O–H groups in total. The Hall–Kier alpha value is -2.38.